The molecule has 2 fully saturated rings. The second kappa shape index (κ2) is 8.22. The number of nitrogens with zero attached hydrogens (tertiary/aromatic N) is 2. The third-order valence-electron chi connectivity index (χ3n) is 5.58. The molecule has 2 N–H and O–H groups in total. The maximum absolute atomic E-state index is 12.7. The van der Waals surface area contributed by atoms with Crippen LogP contribution in [0.1, 0.15) is 51.8 Å². The number of anilines is 1. The molecule has 1 aromatic rings. The molecule has 0 aromatic carbocycles. The lowest BCUT2D eigenvalue weighted by Crippen LogP contribution is -2.38. The van der Waals surface area contributed by atoms with Gasteiger partial charge in [0, 0.05) is 17.5 Å². The van der Waals surface area contributed by atoms with E-state index in [1.54, 1.807) is 13.1 Å². The molecule has 2 unspecified atom stereocenters. The molecule has 0 radical (unpaired) electrons. The van der Waals surface area contributed by atoms with Crippen molar-refractivity contribution in [1.82, 2.24) is 9.55 Å². The van der Waals surface area contributed by atoms with Crippen molar-refractivity contribution in [2.45, 2.75) is 64.7 Å². The number of rotatable bonds is 4. The number of carbonyl (C=O) groups excluding carboxylic acids is 1. The van der Waals surface area contributed by atoms with Crippen molar-refractivity contribution in [2.75, 3.05) is 11.5 Å². The van der Waals surface area contributed by atoms with Gasteiger partial charge in [-0.15, -0.1) is 11.8 Å². The highest BCUT2D eigenvalue weighted by Gasteiger charge is 2.39. The number of aryl methyl sites for hydroxylation is 1. The van der Waals surface area contributed by atoms with Gasteiger partial charge in [-0.2, -0.15) is 4.98 Å². The van der Waals surface area contributed by atoms with E-state index in [2.05, 4.69) is 25.8 Å². The van der Waals surface area contributed by atoms with Crippen molar-refractivity contribution >= 4 is 23.5 Å². The lowest BCUT2D eigenvalue weighted by Gasteiger charge is -2.37. The number of carbonyl (C=O) groups is 1. The Kier molecular flexibility index (Phi) is 6.15. The number of thioether (sulfide) groups is 1. The summed E-state index contributed by atoms with van der Waals surface area (Å²) < 4.78 is 13.1. The highest BCUT2D eigenvalue weighted by molar-refractivity contribution is 8.00. The van der Waals surface area contributed by atoms with Crippen LogP contribution in [-0.2, 0) is 14.3 Å². The summed E-state index contributed by atoms with van der Waals surface area (Å²) in [5.74, 6) is 1.77. The predicted molar refractivity (Wildman–Crippen MR) is 105 cm³/mol. The Morgan fingerprint density at radius 2 is 2.19 bits per heavy atom. The monoisotopic (exact) mass is 395 g/mol. The van der Waals surface area contributed by atoms with Crippen molar-refractivity contribution in [2.24, 2.45) is 17.8 Å². The van der Waals surface area contributed by atoms with Gasteiger partial charge < -0.3 is 15.2 Å². The molecule has 2 heterocycles. The van der Waals surface area contributed by atoms with Gasteiger partial charge in [0.15, 0.2) is 0 Å². The fourth-order valence-electron chi connectivity index (χ4n) is 3.90. The number of hydrogen-bond acceptors (Lipinski definition) is 7. The van der Waals surface area contributed by atoms with E-state index < -0.39 is 17.4 Å². The van der Waals surface area contributed by atoms with Gasteiger partial charge in [-0.1, -0.05) is 27.2 Å². The predicted octanol–water partition coefficient (Wildman–Crippen LogP) is 2.73. The molecular formula is C19H29N3O4S. The molecule has 0 bridgehead atoms. The molecule has 1 saturated carbocycles. The number of nitrogen functional groups attached to an aromatic ring is 1. The van der Waals surface area contributed by atoms with Crippen LogP contribution in [0, 0.1) is 24.7 Å². The SMILES string of the molecule is Cc1cn(C2CSC(C(=O)O[C@@H]3C[C@H](C)CC[C@H]3C(C)C)O2)c(=O)nc1N. The van der Waals surface area contributed by atoms with Crippen LogP contribution in [0.2, 0.25) is 0 Å². The first-order valence-electron chi connectivity index (χ1n) is 9.59. The molecule has 5 atom stereocenters. The highest BCUT2D eigenvalue weighted by atomic mass is 32.2. The third-order valence-corrected chi connectivity index (χ3v) is 6.66. The molecule has 1 saturated heterocycles. The van der Waals surface area contributed by atoms with Crippen LogP contribution in [0.4, 0.5) is 5.82 Å². The minimum absolute atomic E-state index is 0.0624. The maximum atomic E-state index is 12.7. The summed E-state index contributed by atoms with van der Waals surface area (Å²) in [6.45, 7) is 8.35. The minimum atomic E-state index is -0.718. The maximum Gasteiger partial charge on any atom is 0.351 e. The van der Waals surface area contributed by atoms with Gasteiger partial charge in [-0.3, -0.25) is 4.57 Å². The fraction of sp³-hybridized carbons (Fsp3) is 0.737. The van der Waals surface area contributed by atoms with Gasteiger partial charge in [0.2, 0.25) is 5.44 Å². The Bertz CT molecular complexity index is 751. The van der Waals surface area contributed by atoms with Gasteiger partial charge in [0.1, 0.15) is 18.1 Å². The molecule has 7 nitrogen and oxygen atoms in total. The number of esters is 1. The normalized spacial score (nSPS) is 31.2. The summed E-state index contributed by atoms with van der Waals surface area (Å²) in [5, 5.41) is 0. The van der Waals surface area contributed by atoms with E-state index >= 15 is 0 Å². The summed E-state index contributed by atoms with van der Waals surface area (Å²) in [7, 11) is 0. The van der Waals surface area contributed by atoms with Crippen LogP contribution >= 0.6 is 11.8 Å². The first-order valence-corrected chi connectivity index (χ1v) is 10.6. The average molecular weight is 396 g/mol. The molecule has 1 aliphatic carbocycles. The van der Waals surface area contributed by atoms with Crippen molar-refractivity contribution in [1.29, 1.82) is 0 Å². The molecular weight excluding hydrogens is 366 g/mol. The Morgan fingerprint density at radius 3 is 2.89 bits per heavy atom. The second-order valence-corrected chi connectivity index (χ2v) is 9.15. The largest absolute Gasteiger partial charge is 0.459 e. The quantitative estimate of drug-likeness (QED) is 0.783. The van der Waals surface area contributed by atoms with Gasteiger partial charge in [0.05, 0.1) is 0 Å². The van der Waals surface area contributed by atoms with E-state index in [9.17, 15) is 9.59 Å². The van der Waals surface area contributed by atoms with Gasteiger partial charge in [-0.05, 0) is 37.5 Å². The molecule has 0 amide bonds. The summed E-state index contributed by atoms with van der Waals surface area (Å²) >= 11 is 1.36. The zero-order valence-corrected chi connectivity index (χ0v) is 17.2. The molecule has 8 heteroatoms. The van der Waals surface area contributed by atoms with Gasteiger partial charge in [0.25, 0.3) is 0 Å². The third kappa shape index (κ3) is 4.48. The summed E-state index contributed by atoms with van der Waals surface area (Å²) in [6, 6.07) is 0. The fourth-order valence-corrected chi connectivity index (χ4v) is 4.88. The first-order chi connectivity index (χ1) is 12.8. The number of hydrogen-bond donors (Lipinski definition) is 1. The van der Waals surface area contributed by atoms with E-state index in [0.717, 1.165) is 12.8 Å². The van der Waals surface area contributed by atoms with Gasteiger partial charge >= 0.3 is 11.7 Å². The van der Waals surface area contributed by atoms with Crippen LogP contribution in [-0.4, -0.2) is 32.8 Å². The van der Waals surface area contributed by atoms with Crippen LogP contribution in [0.15, 0.2) is 11.0 Å². The molecule has 150 valence electrons. The van der Waals surface area contributed by atoms with E-state index in [0.29, 0.717) is 29.1 Å². The van der Waals surface area contributed by atoms with Crippen LogP contribution in [0.5, 0.6) is 0 Å². The van der Waals surface area contributed by atoms with Crippen molar-refractivity contribution in [3.8, 4) is 0 Å². The van der Waals surface area contributed by atoms with Crippen LogP contribution < -0.4 is 11.4 Å². The Labute approximate surface area is 164 Å². The Hall–Kier alpha value is -1.54. The first kappa shape index (κ1) is 20.2. The highest BCUT2D eigenvalue weighted by Crippen LogP contribution is 2.37. The van der Waals surface area contributed by atoms with E-state index in [1.807, 2.05) is 0 Å². The number of nitrogens with two attached hydrogens (primary N) is 1. The van der Waals surface area contributed by atoms with Crippen molar-refractivity contribution in [3.63, 3.8) is 0 Å². The number of aromatic nitrogens is 2. The van der Waals surface area contributed by atoms with E-state index in [4.69, 9.17) is 15.2 Å². The van der Waals surface area contributed by atoms with Crippen molar-refractivity contribution in [3.05, 3.63) is 22.2 Å². The average Bonchev–Trinajstić information content (AvgIpc) is 3.08. The smallest absolute Gasteiger partial charge is 0.351 e. The molecule has 1 aromatic heterocycles. The molecule has 27 heavy (non-hydrogen) atoms. The Morgan fingerprint density at radius 1 is 1.44 bits per heavy atom. The molecule has 0 spiro atoms. The summed E-state index contributed by atoms with van der Waals surface area (Å²) in [4.78, 5) is 28.6. The number of ether oxygens (including phenoxy) is 2. The van der Waals surface area contributed by atoms with Crippen LogP contribution in [0.3, 0.4) is 0 Å². The second-order valence-electron chi connectivity index (χ2n) is 8.06. The molecule has 3 rings (SSSR count). The van der Waals surface area contributed by atoms with Gasteiger partial charge in [-0.25, -0.2) is 9.59 Å². The summed E-state index contributed by atoms with van der Waals surface area (Å²) in [5.41, 5.74) is 5.18. The lowest BCUT2D eigenvalue weighted by molar-refractivity contribution is -0.166. The minimum Gasteiger partial charge on any atom is -0.459 e. The molecule has 1 aliphatic heterocycles. The standard InChI is InChI=1S/C19H29N3O4S/c1-10(2)13-6-5-11(3)7-14(13)25-17(23)18-26-15(9-27-18)22-8-12(4)16(20)21-19(22)24/h8,10-11,13-15,18H,5-7,9H2,1-4H3,(H2,20,21,24)/t11-,13+,14-,15?,18?/m1/s1. The lowest BCUT2D eigenvalue weighted by atomic mass is 9.75. The zero-order chi connectivity index (χ0) is 19.7. The summed E-state index contributed by atoms with van der Waals surface area (Å²) in [6.07, 6.45) is 4.19. The van der Waals surface area contributed by atoms with E-state index in [-0.39, 0.29) is 17.9 Å². The topological polar surface area (TPSA) is 96.4 Å². The van der Waals surface area contributed by atoms with Crippen LogP contribution in [0.25, 0.3) is 0 Å². The Balaban J connectivity index is 1.65. The van der Waals surface area contributed by atoms with E-state index in [1.165, 1.54) is 22.7 Å². The van der Waals surface area contributed by atoms with Crippen molar-refractivity contribution < 1.29 is 14.3 Å². The molecule has 2 aliphatic rings. The zero-order valence-electron chi connectivity index (χ0n) is 16.4.